The maximum Gasteiger partial charge on any atom is 0.316 e. The lowest BCUT2D eigenvalue weighted by molar-refractivity contribution is 0.164. The molecule has 6 nitrogen and oxygen atoms in total. The average Bonchev–Trinajstić information content (AvgIpc) is 2.89. The molecule has 0 radical (unpaired) electrons. The summed E-state index contributed by atoms with van der Waals surface area (Å²) in [4.78, 5) is 15.1. The van der Waals surface area contributed by atoms with Crippen LogP contribution in [0.3, 0.4) is 0 Å². The highest BCUT2D eigenvalue weighted by Crippen LogP contribution is 2.23. The van der Waals surface area contributed by atoms with Gasteiger partial charge in [0.05, 0.1) is 6.54 Å². The van der Waals surface area contributed by atoms with Crippen molar-refractivity contribution in [3.8, 4) is 6.01 Å². The standard InChI is InChI=1S/C13H17N5OS/c1-9-6-14-12(15-7-9)19-11-4-3-5-18(8-11)13-16-10(2)17-20-13/h6-7,11H,3-5,8H2,1-2H3. The molecule has 0 aliphatic carbocycles. The molecule has 0 aromatic carbocycles. The minimum absolute atomic E-state index is 0.107. The van der Waals surface area contributed by atoms with Crippen molar-refractivity contribution in [2.24, 2.45) is 0 Å². The highest BCUT2D eigenvalue weighted by atomic mass is 32.1. The van der Waals surface area contributed by atoms with Gasteiger partial charge in [-0.25, -0.2) is 15.0 Å². The van der Waals surface area contributed by atoms with Crippen molar-refractivity contribution in [2.45, 2.75) is 32.8 Å². The van der Waals surface area contributed by atoms with Gasteiger partial charge in [-0.15, -0.1) is 0 Å². The maximum absolute atomic E-state index is 5.86. The van der Waals surface area contributed by atoms with Gasteiger partial charge in [-0.2, -0.15) is 4.37 Å². The number of hydrogen-bond acceptors (Lipinski definition) is 7. The Hall–Kier alpha value is -1.76. The van der Waals surface area contributed by atoms with E-state index >= 15 is 0 Å². The Balaban J connectivity index is 1.64. The highest BCUT2D eigenvalue weighted by molar-refractivity contribution is 7.09. The molecule has 1 aliphatic rings. The summed E-state index contributed by atoms with van der Waals surface area (Å²) in [6.45, 7) is 5.69. The van der Waals surface area contributed by atoms with E-state index in [-0.39, 0.29) is 6.10 Å². The molecule has 7 heteroatoms. The van der Waals surface area contributed by atoms with E-state index in [1.807, 2.05) is 13.8 Å². The predicted molar refractivity (Wildman–Crippen MR) is 77.3 cm³/mol. The molecule has 1 unspecified atom stereocenters. The second-order valence-corrected chi connectivity index (χ2v) is 5.73. The van der Waals surface area contributed by atoms with E-state index in [4.69, 9.17) is 4.74 Å². The van der Waals surface area contributed by atoms with E-state index in [0.717, 1.165) is 42.5 Å². The Kier molecular flexibility index (Phi) is 3.77. The second kappa shape index (κ2) is 5.70. The maximum atomic E-state index is 5.86. The van der Waals surface area contributed by atoms with Gasteiger partial charge >= 0.3 is 6.01 Å². The SMILES string of the molecule is Cc1cnc(OC2CCCN(c3nc(C)ns3)C2)nc1. The van der Waals surface area contributed by atoms with E-state index in [0.29, 0.717) is 6.01 Å². The molecule has 0 spiro atoms. The van der Waals surface area contributed by atoms with Gasteiger partial charge in [-0.05, 0) is 32.3 Å². The zero-order chi connectivity index (χ0) is 13.9. The Bertz CT molecular complexity index is 570. The number of aromatic nitrogens is 4. The molecule has 1 atom stereocenters. The van der Waals surface area contributed by atoms with Crippen LogP contribution in [0.15, 0.2) is 12.4 Å². The Morgan fingerprint density at radius 3 is 2.80 bits per heavy atom. The van der Waals surface area contributed by atoms with Crippen molar-refractivity contribution >= 4 is 16.7 Å². The lowest BCUT2D eigenvalue weighted by Gasteiger charge is -2.31. The van der Waals surface area contributed by atoms with E-state index in [1.165, 1.54) is 11.5 Å². The van der Waals surface area contributed by atoms with Gasteiger partial charge in [0.25, 0.3) is 0 Å². The number of hydrogen-bond donors (Lipinski definition) is 0. The van der Waals surface area contributed by atoms with Crippen LogP contribution < -0.4 is 9.64 Å². The third-order valence-corrected chi connectivity index (χ3v) is 4.06. The first kappa shape index (κ1) is 13.2. The first-order valence-electron chi connectivity index (χ1n) is 6.71. The molecule has 1 aliphatic heterocycles. The van der Waals surface area contributed by atoms with Crippen LogP contribution in [-0.4, -0.2) is 38.5 Å². The number of anilines is 1. The number of piperidine rings is 1. The molecule has 0 N–H and O–H groups in total. The van der Waals surface area contributed by atoms with E-state index < -0.39 is 0 Å². The molecule has 1 fully saturated rings. The first-order chi connectivity index (χ1) is 9.70. The monoisotopic (exact) mass is 291 g/mol. The third-order valence-electron chi connectivity index (χ3n) is 3.19. The molecule has 106 valence electrons. The van der Waals surface area contributed by atoms with Crippen molar-refractivity contribution in [3.05, 3.63) is 23.8 Å². The smallest absolute Gasteiger partial charge is 0.316 e. The van der Waals surface area contributed by atoms with Crippen molar-refractivity contribution in [1.82, 2.24) is 19.3 Å². The minimum Gasteiger partial charge on any atom is -0.458 e. The van der Waals surface area contributed by atoms with Gasteiger partial charge in [0.15, 0.2) is 0 Å². The van der Waals surface area contributed by atoms with Crippen LogP contribution in [0.25, 0.3) is 0 Å². The fraction of sp³-hybridized carbons (Fsp3) is 0.538. The molecular weight excluding hydrogens is 274 g/mol. The van der Waals surface area contributed by atoms with Crippen molar-refractivity contribution in [1.29, 1.82) is 0 Å². The summed E-state index contributed by atoms with van der Waals surface area (Å²) in [6, 6.07) is 0.455. The Morgan fingerprint density at radius 2 is 2.10 bits per heavy atom. The molecule has 20 heavy (non-hydrogen) atoms. The quantitative estimate of drug-likeness (QED) is 0.861. The zero-order valence-electron chi connectivity index (χ0n) is 11.6. The molecular formula is C13H17N5OS. The van der Waals surface area contributed by atoms with Crippen LogP contribution in [0.1, 0.15) is 24.2 Å². The molecule has 3 heterocycles. The minimum atomic E-state index is 0.107. The van der Waals surface area contributed by atoms with Gasteiger partial charge in [-0.3, -0.25) is 0 Å². The van der Waals surface area contributed by atoms with E-state index in [1.54, 1.807) is 12.4 Å². The second-order valence-electron chi connectivity index (χ2n) is 5.00. The van der Waals surface area contributed by atoms with Crippen LogP contribution in [0, 0.1) is 13.8 Å². The Labute approximate surface area is 122 Å². The normalized spacial score (nSPS) is 19.1. The summed E-state index contributed by atoms with van der Waals surface area (Å²) >= 11 is 1.44. The molecule has 0 amide bonds. The average molecular weight is 291 g/mol. The van der Waals surface area contributed by atoms with Crippen LogP contribution in [-0.2, 0) is 0 Å². The fourth-order valence-corrected chi connectivity index (χ4v) is 2.92. The lowest BCUT2D eigenvalue weighted by Crippen LogP contribution is -2.41. The summed E-state index contributed by atoms with van der Waals surface area (Å²) in [5, 5.41) is 0.973. The largest absolute Gasteiger partial charge is 0.458 e. The van der Waals surface area contributed by atoms with Crippen molar-refractivity contribution in [2.75, 3.05) is 18.0 Å². The van der Waals surface area contributed by atoms with Crippen LogP contribution in [0.2, 0.25) is 0 Å². The summed E-state index contributed by atoms with van der Waals surface area (Å²) in [7, 11) is 0. The summed E-state index contributed by atoms with van der Waals surface area (Å²) < 4.78 is 10.1. The number of ether oxygens (including phenoxy) is 1. The van der Waals surface area contributed by atoms with E-state index in [2.05, 4.69) is 24.2 Å². The van der Waals surface area contributed by atoms with Gasteiger partial charge in [0.2, 0.25) is 5.13 Å². The molecule has 2 aromatic rings. The van der Waals surface area contributed by atoms with Gasteiger partial charge in [0, 0.05) is 30.5 Å². The first-order valence-corrected chi connectivity index (χ1v) is 7.48. The topological polar surface area (TPSA) is 64.0 Å². The van der Waals surface area contributed by atoms with Crippen LogP contribution in [0.4, 0.5) is 5.13 Å². The van der Waals surface area contributed by atoms with E-state index in [9.17, 15) is 0 Å². The fourth-order valence-electron chi connectivity index (χ4n) is 2.21. The molecule has 1 saturated heterocycles. The van der Waals surface area contributed by atoms with Gasteiger partial charge in [0.1, 0.15) is 11.9 Å². The van der Waals surface area contributed by atoms with Gasteiger partial charge in [-0.1, -0.05) is 0 Å². The predicted octanol–water partition coefficient (Wildman–Crippen LogP) is 1.99. The summed E-state index contributed by atoms with van der Waals surface area (Å²) in [5.41, 5.74) is 1.03. The summed E-state index contributed by atoms with van der Waals surface area (Å²) in [5.74, 6) is 0.829. The van der Waals surface area contributed by atoms with Crippen LogP contribution in [0.5, 0.6) is 6.01 Å². The molecule has 0 saturated carbocycles. The molecule has 2 aromatic heterocycles. The number of aryl methyl sites for hydroxylation is 2. The van der Waals surface area contributed by atoms with Crippen molar-refractivity contribution in [3.63, 3.8) is 0 Å². The van der Waals surface area contributed by atoms with Gasteiger partial charge < -0.3 is 9.64 Å². The Morgan fingerprint density at radius 1 is 1.30 bits per heavy atom. The number of rotatable bonds is 3. The molecule has 0 bridgehead atoms. The zero-order valence-corrected chi connectivity index (χ0v) is 12.4. The lowest BCUT2D eigenvalue weighted by atomic mass is 10.1. The third kappa shape index (κ3) is 3.04. The highest BCUT2D eigenvalue weighted by Gasteiger charge is 2.24. The van der Waals surface area contributed by atoms with Crippen molar-refractivity contribution < 1.29 is 4.74 Å². The number of nitrogens with zero attached hydrogens (tertiary/aromatic N) is 5. The summed E-state index contributed by atoms with van der Waals surface area (Å²) in [6.07, 6.45) is 5.75. The molecule has 3 rings (SSSR count). The van der Waals surface area contributed by atoms with Crippen LogP contribution >= 0.6 is 11.5 Å².